The fraction of sp³-hybridized carbons (Fsp3) is 0.333. The number of benzene rings is 1. The average molecular weight is 219 g/mol. The Kier molecular flexibility index (Phi) is 3.31. The Balaban J connectivity index is 2.21. The zero-order chi connectivity index (χ0) is 10.7. The lowest BCUT2D eigenvalue weighted by atomic mass is 10.1. The van der Waals surface area contributed by atoms with Crippen LogP contribution in [-0.2, 0) is 6.54 Å². The van der Waals surface area contributed by atoms with Gasteiger partial charge < -0.3 is 4.57 Å². The molecule has 0 bridgehead atoms. The van der Waals surface area contributed by atoms with Crippen LogP contribution in [0.3, 0.4) is 0 Å². The van der Waals surface area contributed by atoms with Gasteiger partial charge in [0.05, 0.1) is 17.4 Å². The highest BCUT2D eigenvalue weighted by Gasteiger charge is 2.05. The van der Waals surface area contributed by atoms with Crippen molar-refractivity contribution in [1.29, 1.82) is 0 Å². The monoisotopic (exact) mass is 219 g/mol. The fourth-order valence-corrected chi connectivity index (χ4v) is 2.07. The highest BCUT2D eigenvalue weighted by atomic mass is 32.1. The summed E-state index contributed by atoms with van der Waals surface area (Å²) in [7, 11) is 0. The number of fused-ring (bicyclic) bond motifs is 1. The zero-order valence-electron chi connectivity index (χ0n) is 8.63. The summed E-state index contributed by atoms with van der Waals surface area (Å²) in [6.07, 6.45) is 2.93. The lowest BCUT2D eigenvalue weighted by molar-refractivity contribution is 0.524. The first-order chi connectivity index (χ1) is 7.31. The van der Waals surface area contributed by atoms with E-state index in [2.05, 4.69) is 35.2 Å². The molecule has 0 amide bonds. The molecule has 2 aromatic rings. The van der Waals surface area contributed by atoms with E-state index in [1.807, 2.05) is 24.5 Å². The van der Waals surface area contributed by atoms with E-state index in [-0.39, 0.29) is 0 Å². The van der Waals surface area contributed by atoms with Gasteiger partial charge in [0.15, 0.2) is 0 Å². The van der Waals surface area contributed by atoms with Crippen LogP contribution in [0.2, 0.25) is 0 Å². The van der Waals surface area contributed by atoms with Gasteiger partial charge in [-0.1, -0.05) is 12.1 Å². The van der Waals surface area contributed by atoms with E-state index in [4.69, 9.17) is 0 Å². The summed E-state index contributed by atoms with van der Waals surface area (Å²) in [6, 6.07) is 8.17. The van der Waals surface area contributed by atoms with Crippen molar-refractivity contribution >= 4 is 23.7 Å². The van der Waals surface area contributed by atoms with Crippen LogP contribution < -0.4 is 0 Å². The predicted octanol–water partition coefficient (Wildman–Crippen LogP) is 2.81. The first-order valence-electron chi connectivity index (χ1n) is 5.15. The molecule has 0 aliphatic rings. The van der Waals surface area contributed by atoms with Crippen LogP contribution in [0.4, 0.5) is 0 Å². The second-order valence-corrected chi connectivity index (χ2v) is 4.21. The molecule has 1 aromatic carbocycles. The molecule has 0 N–H and O–H groups in total. The van der Waals surface area contributed by atoms with Crippen LogP contribution in [-0.4, -0.2) is 15.3 Å². The van der Waals surface area contributed by atoms with Crippen LogP contribution in [0.15, 0.2) is 30.6 Å². The van der Waals surface area contributed by atoms with Gasteiger partial charge in [-0.3, -0.25) is 0 Å². The highest BCUT2D eigenvalue weighted by Crippen LogP contribution is 2.15. The molecule has 15 heavy (non-hydrogen) atoms. The Hall–Kier alpha value is -0.960. The molecule has 2 rings (SSSR count). The van der Waals surface area contributed by atoms with Gasteiger partial charge in [-0.15, -0.1) is 0 Å². The van der Waals surface area contributed by atoms with Gasteiger partial charge in [-0.2, -0.15) is 12.6 Å². The molecule has 1 heterocycles. The van der Waals surface area contributed by atoms with E-state index < -0.39 is 0 Å². The summed E-state index contributed by atoms with van der Waals surface area (Å²) in [5, 5.41) is 0. The summed E-state index contributed by atoms with van der Waals surface area (Å²) >= 11 is 4.22. The van der Waals surface area contributed by atoms with Crippen LogP contribution in [0, 0.1) is 12.8 Å². The molecule has 79 valence electrons. The van der Waals surface area contributed by atoms with E-state index in [0.29, 0.717) is 5.92 Å². The normalized spacial score (nSPS) is 13.2. The van der Waals surface area contributed by atoms with E-state index in [1.165, 1.54) is 5.52 Å². The van der Waals surface area contributed by atoms with Gasteiger partial charge in [0.1, 0.15) is 0 Å². The zero-order valence-corrected chi connectivity index (χ0v) is 9.53. The minimum atomic E-state index is 0.403. The summed E-state index contributed by atoms with van der Waals surface area (Å²) in [6.45, 7) is 5.03. The summed E-state index contributed by atoms with van der Waals surface area (Å²) in [4.78, 5) is 4.35. The third-order valence-electron chi connectivity index (χ3n) is 2.52. The largest absolute Gasteiger partial charge is 0.330 e. The van der Waals surface area contributed by atoms with Crippen LogP contribution in [0.25, 0.3) is 11.0 Å². The number of thiol groups is 1. The lowest BCUT2D eigenvalue weighted by Gasteiger charge is -2.10. The summed E-state index contributed by atoms with van der Waals surface area (Å²) in [5.41, 5.74) is 2.24. The van der Waals surface area contributed by atoms with Crippen molar-refractivity contribution in [1.82, 2.24) is 9.55 Å². The molecule has 0 spiro atoms. The second kappa shape index (κ2) is 4.71. The molecule has 1 radical (unpaired) electrons. The number of nitrogens with zero attached hydrogens (tertiary/aromatic N) is 2. The van der Waals surface area contributed by atoms with Crippen molar-refractivity contribution in [3.8, 4) is 0 Å². The molecule has 2 nitrogen and oxygen atoms in total. The van der Waals surface area contributed by atoms with Gasteiger partial charge >= 0.3 is 0 Å². The maximum Gasteiger partial charge on any atom is 0.0958 e. The maximum atomic E-state index is 4.35. The van der Waals surface area contributed by atoms with E-state index in [1.54, 1.807) is 0 Å². The third-order valence-corrected chi connectivity index (χ3v) is 2.78. The quantitative estimate of drug-likeness (QED) is 0.783. The number of aromatic nitrogens is 2. The van der Waals surface area contributed by atoms with Gasteiger partial charge in [0.2, 0.25) is 0 Å². The van der Waals surface area contributed by atoms with Gasteiger partial charge in [-0.05, 0) is 37.1 Å². The number of hydrogen-bond donors (Lipinski definition) is 1. The van der Waals surface area contributed by atoms with Crippen molar-refractivity contribution in [2.75, 3.05) is 5.75 Å². The van der Waals surface area contributed by atoms with Gasteiger partial charge in [0.25, 0.3) is 0 Å². The fourth-order valence-electron chi connectivity index (χ4n) is 1.71. The number of imidazole rings is 1. The van der Waals surface area contributed by atoms with Crippen molar-refractivity contribution in [2.24, 2.45) is 5.92 Å². The molecule has 1 unspecified atom stereocenters. The first kappa shape index (κ1) is 10.6. The number of para-hydroxylation sites is 2. The van der Waals surface area contributed by atoms with E-state index in [9.17, 15) is 0 Å². The first-order valence-corrected chi connectivity index (χ1v) is 5.78. The molecule has 0 fully saturated rings. The molecular formula is C12H15N2S. The minimum absolute atomic E-state index is 0.403. The minimum Gasteiger partial charge on any atom is -0.330 e. The second-order valence-electron chi connectivity index (χ2n) is 3.76. The molecule has 0 saturated carbocycles. The van der Waals surface area contributed by atoms with Gasteiger partial charge in [-0.25, -0.2) is 4.98 Å². The molecule has 0 aliphatic heterocycles. The highest BCUT2D eigenvalue weighted by molar-refractivity contribution is 7.80. The lowest BCUT2D eigenvalue weighted by Crippen LogP contribution is -2.07. The van der Waals surface area contributed by atoms with Crippen molar-refractivity contribution in [2.45, 2.75) is 13.0 Å². The molecule has 3 heteroatoms. The van der Waals surface area contributed by atoms with Crippen LogP contribution in [0.1, 0.15) is 6.42 Å². The Bertz CT molecular complexity index is 436. The number of hydrogen-bond acceptors (Lipinski definition) is 2. The molecule has 0 saturated heterocycles. The topological polar surface area (TPSA) is 17.8 Å². The summed E-state index contributed by atoms with van der Waals surface area (Å²) in [5.74, 6) is 1.29. The third kappa shape index (κ3) is 2.34. The van der Waals surface area contributed by atoms with Crippen molar-refractivity contribution < 1.29 is 0 Å². The molecular weight excluding hydrogens is 204 g/mol. The molecule has 1 aromatic heterocycles. The smallest absolute Gasteiger partial charge is 0.0958 e. The molecule has 0 aliphatic carbocycles. The Morgan fingerprint density at radius 2 is 2.20 bits per heavy atom. The standard InChI is InChI=1S/C12H15N2S/c1-10(6-7-15)8-14-9-13-11-4-2-3-5-12(11)14/h2-5,9-10,15H,1,6-8H2. The van der Waals surface area contributed by atoms with Crippen molar-refractivity contribution in [3.63, 3.8) is 0 Å². The van der Waals surface area contributed by atoms with Gasteiger partial charge in [0, 0.05) is 6.54 Å². The SMILES string of the molecule is [CH2]C(CCS)Cn1cnc2ccccc21. The number of rotatable bonds is 4. The Morgan fingerprint density at radius 1 is 1.40 bits per heavy atom. The van der Waals surface area contributed by atoms with E-state index >= 15 is 0 Å². The average Bonchev–Trinajstić information content (AvgIpc) is 2.62. The van der Waals surface area contributed by atoms with Crippen LogP contribution >= 0.6 is 12.6 Å². The van der Waals surface area contributed by atoms with Crippen molar-refractivity contribution in [3.05, 3.63) is 37.5 Å². The Morgan fingerprint density at radius 3 is 3.00 bits per heavy atom. The molecule has 1 atom stereocenters. The predicted molar refractivity (Wildman–Crippen MR) is 67.1 cm³/mol. The Labute approximate surface area is 95.7 Å². The van der Waals surface area contributed by atoms with E-state index in [0.717, 1.165) is 24.2 Å². The summed E-state index contributed by atoms with van der Waals surface area (Å²) < 4.78 is 2.16. The maximum absolute atomic E-state index is 4.35. The van der Waals surface area contributed by atoms with Crippen LogP contribution in [0.5, 0.6) is 0 Å².